The molecule has 16 heavy (non-hydrogen) atoms. The van der Waals surface area contributed by atoms with Crippen molar-refractivity contribution >= 4 is 11.8 Å². The molecule has 3 heteroatoms. The molecule has 0 saturated carbocycles. The second-order valence-electron chi connectivity index (χ2n) is 3.75. The number of carbonyl (C=O) groups is 2. The first-order valence-electron chi connectivity index (χ1n) is 5.05. The van der Waals surface area contributed by atoms with Crippen molar-refractivity contribution in [1.29, 1.82) is 0 Å². The number of terminal acetylenes is 1. The predicted octanol–water partition coefficient (Wildman–Crippen LogP) is 1.23. The van der Waals surface area contributed by atoms with Crippen LogP contribution in [0.25, 0.3) is 0 Å². The summed E-state index contributed by atoms with van der Waals surface area (Å²) in [5.74, 6) is 1.89. The van der Waals surface area contributed by atoms with Crippen molar-refractivity contribution in [3.63, 3.8) is 0 Å². The van der Waals surface area contributed by atoms with Gasteiger partial charge in [0.05, 0.1) is 12.5 Å². The molecule has 0 aromatic heterocycles. The van der Waals surface area contributed by atoms with Gasteiger partial charge >= 0.3 is 0 Å². The van der Waals surface area contributed by atoms with Crippen LogP contribution < -0.4 is 0 Å². The summed E-state index contributed by atoms with van der Waals surface area (Å²) >= 11 is 0. The Morgan fingerprint density at radius 1 is 1.38 bits per heavy atom. The SMILES string of the molecule is C#CC(C)N1C(=O)Cc2ccccc2C1=O. The number of imide groups is 1. The van der Waals surface area contributed by atoms with Gasteiger partial charge in [0.25, 0.3) is 5.91 Å². The van der Waals surface area contributed by atoms with Gasteiger partial charge in [-0.2, -0.15) is 0 Å². The average molecular weight is 213 g/mol. The monoisotopic (exact) mass is 213 g/mol. The van der Waals surface area contributed by atoms with Crippen LogP contribution >= 0.6 is 0 Å². The van der Waals surface area contributed by atoms with Crippen LogP contribution in [0.1, 0.15) is 22.8 Å². The van der Waals surface area contributed by atoms with Crippen LogP contribution in [0.2, 0.25) is 0 Å². The highest BCUT2D eigenvalue weighted by Gasteiger charge is 2.33. The molecule has 1 aliphatic rings. The lowest BCUT2D eigenvalue weighted by molar-refractivity contribution is -0.129. The number of rotatable bonds is 1. The van der Waals surface area contributed by atoms with Gasteiger partial charge in [0.1, 0.15) is 0 Å². The largest absolute Gasteiger partial charge is 0.274 e. The molecule has 80 valence electrons. The van der Waals surface area contributed by atoms with E-state index < -0.39 is 6.04 Å². The number of hydrogen-bond acceptors (Lipinski definition) is 2. The Balaban J connectivity index is 2.47. The van der Waals surface area contributed by atoms with E-state index in [4.69, 9.17) is 6.42 Å². The van der Waals surface area contributed by atoms with Gasteiger partial charge < -0.3 is 0 Å². The van der Waals surface area contributed by atoms with Crippen LogP contribution in [0.4, 0.5) is 0 Å². The summed E-state index contributed by atoms with van der Waals surface area (Å²) in [6, 6.07) is 6.63. The Kier molecular flexibility index (Phi) is 2.49. The third-order valence-electron chi connectivity index (χ3n) is 2.71. The van der Waals surface area contributed by atoms with E-state index in [-0.39, 0.29) is 18.2 Å². The Bertz CT molecular complexity index is 499. The zero-order valence-electron chi connectivity index (χ0n) is 8.93. The van der Waals surface area contributed by atoms with Crippen molar-refractivity contribution in [2.45, 2.75) is 19.4 Å². The predicted molar refractivity (Wildman–Crippen MR) is 59.6 cm³/mol. The van der Waals surface area contributed by atoms with Gasteiger partial charge in [-0.05, 0) is 18.6 Å². The number of benzene rings is 1. The average Bonchev–Trinajstić information content (AvgIpc) is 2.28. The number of hydrogen-bond donors (Lipinski definition) is 0. The van der Waals surface area contributed by atoms with E-state index in [1.807, 2.05) is 6.07 Å². The molecular weight excluding hydrogens is 202 g/mol. The fraction of sp³-hybridized carbons (Fsp3) is 0.231. The third kappa shape index (κ3) is 1.49. The van der Waals surface area contributed by atoms with Crippen LogP contribution in [0, 0.1) is 12.3 Å². The van der Waals surface area contributed by atoms with Gasteiger partial charge in [-0.15, -0.1) is 6.42 Å². The smallest absolute Gasteiger partial charge is 0.261 e. The van der Waals surface area contributed by atoms with Crippen LogP contribution in [0.5, 0.6) is 0 Å². The third-order valence-corrected chi connectivity index (χ3v) is 2.71. The Labute approximate surface area is 94.1 Å². The minimum atomic E-state index is -0.492. The van der Waals surface area contributed by atoms with Gasteiger partial charge in [0.15, 0.2) is 0 Å². The molecule has 0 aliphatic carbocycles. The number of carbonyl (C=O) groups excluding carboxylic acids is 2. The molecule has 0 bridgehead atoms. The van der Waals surface area contributed by atoms with E-state index in [1.54, 1.807) is 25.1 Å². The molecule has 3 nitrogen and oxygen atoms in total. The maximum absolute atomic E-state index is 12.0. The molecular formula is C13H11NO2. The van der Waals surface area contributed by atoms with Crippen LogP contribution in [0.15, 0.2) is 24.3 Å². The van der Waals surface area contributed by atoms with E-state index >= 15 is 0 Å². The molecule has 1 aromatic carbocycles. The van der Waals surface area contributed by atoms with Gasteiger partial charge in [0.2, 0.25) is 5.91 Å². The summed E-state index contributed by atoms with van der Waals surface area (Å²) in [7, 11) is 0. The number of nitrogens with zero attached hydrogens (tertiary/aromatic N) is 1. The first-order chi connectivity index (χ1) is 7.65. The zero-order valence-corrected chi connectivity index (χ0v) is 8.93. The van der Waals surface area contributed by atoms with Crippen LogP contribution in [-0.4, -0.2) is 22.8 Å². The first kappa shape index (κ1) is 10.4. The summed E-state index contributed by atoms with van der Waals surface area (Å²) < 4.78 is 0. The Morgan fingerprint density at radius 2 is 2.06 bits per heavy atom. The van der Waals surface area contributed by atoms with E-state index in [2.05, 4.69) is 5.92 Å². The van der Waals surface area contributed by atoms with Crippen molar-refractivity contribution in [1.82, 2.24) is 4.90 Å². The fourth-order valence-corrected chi connectivity index (χ4v) is 1.84. The lowest BCUT2D eigenvalue weighted by Gasteiger charge is -2.29. The highest BCUT2D eigenvalue weighted by atomic mass is 16.2. The highest BCUT2D eigenvalue weighted by molar-refractivity contribution is 6.10. The minimum Gasteiger partial charge on any atom is -0.274 e. The number of amides is 2. The molecule has 0 fully saturated rings. The van der Waals surface area contributed by atoms with Crippen LogP contribution in [-0.2, 0) is 11.2 Å². The highest BCUT2D eigenvalue weighted by Crippen LogP contribution is 2.20. The molecule has 0 radical (unpaired) electrons. The van der Waals surface area contributed by atoms with Crippen molar-refractivity contribution in [3.8, 4) is 12.3 Å². The summed E-state index contributed by atoms with van der Waals surface area (Å²) in [5.41, 5.74) is 1.35. The molecule has 1 aromatic rings. The standard InChI is InChI=1S/C13H11NO2/c1-3-9(2)14-12(15)8-10-6-4-5-7-11(10)13(14)16/h1,4-7,9H,8H2,2H3. The second-order valence-corrected chi connectivity index (χ2v) is 3.75. The summed E-state index contributed by atoms with van der Waals surface area (Å²) in [4.78, 5) is 25.0. The quantitative estimate of drug-likeness (QED) is 0.520. The summed E-state index contributed by atoms with van der Waals surface area (Å²) in [5, 5.41) is 0. The van der Waals surface area contributed by atoms with Crippen molar-refractivity contribution in [3.05, 3.63) is 35.4 Å². The van der Waals surface area contributed by atoms with E-state index in [9.17, 15) is 9.59 Å². The van der Waals surface area contributed by atoms with Crippen molar-refractivity contribution in [2.24, 2.45) is 0 Å². The number of fused-ring (bicyclic) bond motifs is 1. The van der Waals surface area contributed by atoms with Gasteiger partial charge in [-0.1, -0.05) is 24.1 Å². The Morgan fingerprint density at radius 3 is 2.75 bits per heavy atom. The Hall–Kier alpha value is -2.08. The molecule has 0 spiro atoms. The fourth-order valence-electron chi connectivity index (χ4n) is 1.84. The van der Waals surface area contributed by atoms with E-state index in [0.717, 1.165) is 10.5 Å². The van der Waals surface area contributed by atoms with Gasteiger partial charge in [-0.3, -0.25) is 14.5 Å². The lowest BCUT2D eigenvalue weighted by Crippen LogP contribution is -2.46. The van der Waals surface area contributed by atoms with E-state index in [0.29, 0.717) is 5.56 Å². The molecule has 0 saturated heterocycles. The topological polar surface area (TPSA) is 37.4 Å². The molecule has 0 N–H and O–H groups in total. The minimum absolute atomic E-state index is 0.228. The normalized spacial score (nSPS) is 16.6. The van der Waals surface area contributed by atoms with Gasteiger partial charge in [0, 0.05) is 5.56 Å². The second kappa shape index (κ2) is 3.82. The van der Waals surface area contributed by atoms with E-state index in [1.165, 1.54) is 0 Å². The molecule has 1 heterocycles. The van der Waals surface area contributed by atoms with Crippen molar-refractivity contribution in [2.75, 3.05) is 0 Å². The summed E-state index contributed by atoms with van der Waals surface area (Å²) in [6.45, 7) is 1.67. The molecule has 1 aliphatic heterocycles. The first-order valence-corrected chi connectivity index (χ1v) is 5.05. The summed E-state index contributed by atoms with van der Waals surface area (Å²) in [6.07, 6.45) is 5.50. The zero-order chi connectivity index (χ0) is 11.7. The van der Waals surface area contributed by atoms with Crippen LogP contribution in [0.3, 0.4) is 0 Å². The maximum atomic E-state index is 12.0. The lowest BCUT2D eigenvalue weighted by atomic mass is 9.97. The maximum Gasteiger partial charge on any atom is 0.261 e. The van der Waals surface area contributed by atoms with Crippen molar-refractivity contribution < 1.29 is 9.59 Å². The molecule has 2 amide bonds. The molecule has 1 unspecified atom stereocenters. The molecule has 2 rings (SSSR count). The van der Waals surface area contributed by atoms with Gasteiger partial charge in [-0.25, -0.2) is 0 Å². The molecule has 1 atom stereocenters.